The Labute approximate surface area is 174 Å². The van der Waals surface area contributed by atoms with E-state index in [1.807, 2.05) is 24.3 Å². The minimum atomic E-state index is -0.756. The van der Waals surface area contributed by atoms with Crippen LogP contribution in [0.1, 0.15) is 11.6 Å². The van der Waals surface area contributed by atoms with Gasteiger partial charge in [0.2, 0.25) is 0 Å². The zero-order chi connectivity index (χ0) is 20.6. The highest BCUT2D eigenvalue weighted by Gasteiger charge is 2.24. The lowest BCUT2D eigenvalue weighted by atomic mass is 10.0. The molecule has 1 aliphatic rings. The molecule has 2 N–H and O–H groups in total. The van der Waals surface area contributed by atoms with Crippen LogP contribution in [0.5, 0.6) is 5.75 Å². The minimum Gasteiger partial charge on any atom is -0.497 e. The largest absolute Gasteiger partial charge is 0.497 e. The van der Waals surface area contributed by atoms with Gasteiger partial charge in [0.1, 0.15) is 5.75 Å². The first-order chi connectivity index (χ1) is 14.1. The SMILES string of the molecule is COc1ccc([C@H](CNC(=O)C(=O)Nc2ccccc2Cl)N2CCOCC2)cc1. The fraction of sp³-hybridized carbons (Fsp3) is 0.333. The molecule has 3 rings (SSSR count). The van der Waals surface area contributed by atoms with E-state index in [2.05, 4.69) is 15.5 Å². The highest BCUT2D eigenvalue weighted by Crippen LogP contribution is 2.24. The Bertz CT molecular complexity index is 838. The molecule has 1 heterocycles. The zero-order valence-corrected chi connectivity index (χ0v) is 16.9. The highest BCUT2D eigenvalue weighted by atomic mass is 35.5. The van der Waals surface area contributed by atoms with E-state index in [1.54, 1.807) is 31.4 Å². The van der Waals surface area contributed by atoms with Crippen molar-refractivity contribution in [1.29, 1.82) is 0 Å². The predicted molar refractivity (Wildman–Crippen MR) is 111 cm³/mol. The minimum absolute atomic E-state index is 0.0816. The second-order valence-electron chi connectivity index (χ2n) is 6.58. The summed E-state index contributed by atoms with van der Waals surface area (Å²) >= 11 is 6.03. The normalized spacial score (nSPS) is 15.4. The molecule has 0 unspecified atom stereocenters. The Morgan fingerprint density at radius 1 is 1.10 bits per heavy atom. The van der Waals surface area contributed by atoms with Crippen LogP contribution in [0.25, 0.3) is 0 Å². The number of carbonyl (C=O) groups excluding carboxylic acids is 2. The summed E-state index contributed by atoms with van der Waals surface area (Å²) in [5, 5.41) is 5.65. The lowest BCUT2D eigenvalue weighted by Gasteiger charge is -2.34. The summed E-state index contributed by atoms with van der Waals surface area (Å²) < 4.78 is 10.7. The number of hydrogen-bond donors (Lipinski definition) is 2. The first-order valence-corrected chi connectivity index (χ1v) is 9.75. The summed E-state index contributed by atoms with van der Waals surface area (Å²) in [6, 6.07) is 14.4. The number of carbonyl (C=O) groups is 2. The molecule has 0 aliphatic carbocycles. The molecule has 1 atom stereocenters. The Balaban J connectivity index is 1.66. The molecule has 2 aromatic carbocycles. The molecule has 0 radical (unpaired) electrons. The Morgan fingerprint density at radius 2 is 1.79 bits per heavy atom. The zero-order valence-electron chi connectivity index (χ0n) is 16.2. The van der Waals surface area contributed by atoms with Gasteiger partial charge in [-0.05, 0) is 29.8 Å². The molecule has 1 saturated heterocycles. The van der Waals surface area contributed by atoms with E-state index in [9.17, 15) is 9.59 Å². The van der Waals surface area contributed by atoms with Gasteiger partial charge in [0, 0.05) is 19.6 Å². The summed E-state index contributed by atoms with van der Waals surface area (Å²) in [6.07, 6.45) is 0. The number of halogens is 1. The lowest BCUT2D eigenvalue weighted by molar-refractivity contribution is -0.136. The van der Waals surface area contributed by atoms with Crippen LogP contribution in [0.15, 0.2) is 48.5 Å². The molecule has 29 heavy (non-hydrogen) atoms. The second kappa shape index (κ2) is 10.2. The summed E-state index contributed by atoms with van der Waals surface area (Å²) in [5.41, 5.74) is 1.42. The van der Waals surface area contributed by atoms with Gasteiger partial charge < -0.3 is 20.1 Å². The first-order valence-electron chi connectivity index (χ1n) is 9.38. The maximum atomic E-state index is 12.3. The van der Waals surface area contributed by atoms with Gasteiger partial charge in [0.05, 0.1) is 37.1 Å². The van der Waals surface area contributed by atoms with Crippen molar-refractivity contribution in [2.45, 2.75) is 6.04 Å². The molecule has 0 saturated carbocycles. The summed E-state index contributed by atoms with van der Waals surface area (Å²) in [6.45, 7) is 3.05. The van der Waals surface area contributed by atoms with E-state index in [-0.39, 0.29) is 6.04 Å². The van der Waals surface area contributed by atoms with Gasteiger partial charge >= 0.3 is 11.8 Å². The van der Waals surface area contributed by atoms with Crippen LogP contribution >= 0.6 is 11.6 Å². The van der Waals surface area contributed by atoms with Crippen LogP contribution in [0.4, 0.5) is 5.69 Å². The van der Waals surface area contributed by atoms with E-state index >= 15 is 0 Å². The number of ether oxygens (including phenoxy) is 2. The standard InChI is InChI=1S/C21H24ClN3O4/c1-28-16-8-6-15(7-9-16)19(25-10-12-29-13-11-25)14-23-20(26)21(27)24-18-5-3-2-4-17(18)22/h2-9,19H,10-14H2,1H3,(H,23,26)(H,24,27)/t19-/m0/s1. The van der Waals surface area contributed by atoms with Crippen molar-refractivity contribution in [3.05, 3.63) is 59.1 Å². The van der Waals surface area contributed by atoms with Crippen LogP contribution in [0.2, 0.25) is 5.02 Å². The average molecular weight is 418 g/mol. The van der Waals surface area contributed by atoms with Crippen molar-refractivity contribution in [3.8, 4) is 5.75 Å². The molecule has 7 nitrogen and oxygen atoms in total. The van der Waals surface area contributed by atoms with E-state index in [1.165, 1.54) is 0 Å². The van der Waals surface area contributed by atoms with Gasteiger partial charge in [-0.3, -0.25) is 14.5 Å². The van der Waals surface area contributed by atoms with Crippen molar-refractivity contribution in [2.75, 3.05) is 45.3 Å². The number of nitrogens with zero attached hydrogens (tertiary/aromatic N) is 1. The molecular formula is C21H24ClN3O4. The maximum absolute atomic E-state index is 12.3. The first kappa shape index (κ1) is 21.1. The Morgan fingerprint density at radius 3 is 2.45 bits per heavy atom. The average Bonchev–Trinajstić information content (AvgIpc) is 2.76. The molecule has 2 amide bonds. The fourth-order valence-corrected chi connectivity index (χ4v) is 3.37. The number of rotatable bonds is 6. The monoisotopic (exact) mass is 417 g/mol. The van der Waals surface area contributed by atoms with Crippen molar-refractivity contribution >= 4 is 29.1 Å². The number of hydrogen-bond acceptors (Lipinski definition) is 5. The van der Waals surface area contributed by atoms with Gasteiger partial charge in [-0.1, -0.05) is 35.9 Å². The molecule has 1 aliphatic heterocycles. The number of nitrogens with one attached hydrogen (secondary N) is 2. The van der Waals surface area contributed by atoms with E-state index in [0.717, 1.165) is 24.4 Å². The molecule has 0 spiro atoms. The van der Waals surface area contributed by atoms with Crippen LogP contribution in [0, 0.1) is 0 Å². The van der Waals surface area contributed by atoms with Crippen molar-refractivity contribution in [2.24, 2.45) is 0 Å². The summed E-state index contributed by atoms with van der Waals surface area (Å²) in [7, 11) is 1.62. The van der Waals surface area contributed by atoms with Crippen molar-refractivity contribution in [3.63, 3.8) is 0 Å². The molecule has 8 heteroatoms. The van der Waals surface area contributed by atoms with Crippen molar-refractivity contribution in [1.82, 2.24) is 10.2 Å². The maximum Gasteiger partial charge on any atom is 0.313 e. The second-order valence-corrected chi connectivity index (χ2v) is 6.99. The molecule has 154 valence electrons. The topological polar surface area (TPSA) is 79.9 Å². The van der Waals surface area contributed by atoms with E-state index < -0.39 is 11.8 Å². The summed E-state index contributed by atoms with van der Waals surface area (Å²) in [5.74, 6) is -0.706. The van der Waals surface area contributed by atoms with Crippen LogP contribution < -0.4 is 15.4 Å². The Hall–Kier alpha value is -2.61. The van der Waals surface area contributed by atoms with Gasteiger partial charge in [-0.15, -0.1) is 0 Å². The highest BCUT2D eigenvalue weighted by molar-refractivity contribution is 6.41. The van der Waals surface area contributed by atoms with E-state index in [4.69, 9.17) is 21.1 Å². The molecule has 0 bridgehead atoms. The number of benzene rings is 2. The molecule has 1 fully saturated rings. The lowest BCUT2D eigenvalue weighted by Crippen LogP contribution is -2.45. The third kappa shape index (κ3) is 5.69. The quantitative estimate of drug-likeness (QED) is 0.706. The number of methoxy groups -OCH3 is 1. The fourth-order valence-electron chi connectivity index (χ4n) is 3.18. The number of amides is 2. The number of anilines is 1. The van der Waals surface area contributed by atoms with Crippen LogP contribution in [-0.4, -0.2) is 56.7 Å². The predicted octanol–water partition coefficient (Wildman–Crippen LogP) is 2.48. The van der Waals surface area contributed by atoms with Gasteiger partial charge in [-0.25, -0.2) is 0 Å². The smallest absolute Gasteiger partial charge is 0.313 e. The van der Waals surface area contributed by atoms with Crippen LogP contribution in [0.3, 0.4) is 0 Å². The van der Waals surface area contributed by atoms with Gasteiger partial charge in [0.25, 0.3) is 0 Å². The number of para-hydroxylation sites is 1. The van der Waals surface area contributed by atoms with Crippen LogP contribution in [-0.2, 0) is 14.3 Å². The number of morpholine rings is 1. The van der Waals surface area contributed by atoms with Gasteiger partial charge in [0.15, 0.2) is 0 Å². The summed E-state index contributed by atoms with van der Waals surface area (Å²) in [4.78, 5) is 26.8. The van der Waals surface area contributed by atoms with E-state index in [0.29, 0.717) is 30.5 Å². The molecule has 2 aromatic rings. The van der Waals surface area contributed by atoms with Crippen molar-refractivity contribution < 1.29 is 19.1 Å². The van der Waals surface area contributed by atoms with Gasteiger partial charge in [-0.2, -0.15) is 0 Å². The third-order valence-corrected chi connectivity index (χ3v) is 5.10. The Kier molecular flexibility index (Phi) is 7.46. The molecule has 0 aromatic heterocycles. The molecular weight excluding hydrogens is 394 g/mol. The third-order valence-electron chi connectivity index (χ3n) is 4.77.